The van der Waals surface area contributed by atoms with Crippen molar-refractivity contribution in [3.05, 3.63) is 70.6 Å². The van der Waals surface area contributed by atoms with E-state index in [1.165, 1.54) is 28.4 Å². The van der Waals surface area contributed by atoms with Crippen LogP contribution >= 0.6 is 15.9 Å². The van der Waals surface area contributed by atoms with E-state index in [-0.39, 0.29) is 0 Å². The molecule has 4 aromatic rings. The lowest BCUT2D eigenvalue weighted by atomic mass is 10.1. The molecule has 134 valence electrons. The zero-order chi connectivity index (χ0) is 18.2. The van der Waals surface area contributed by atoms with Gasteiger partial charge in [-0.3, -0.25) is 4.90 Å². The third-order valence-electron chi connectivity index (χ3n) is 4.96. The van der Waals surface area contributed by atoms with Crippen LogP contribution in [0.1, 0.15) is 16.8 Å². The molecule has 0 atom stereocenters. The molecule has 0 unspecified atom stereocenters. The number of nitrogens with zero attached hydrogens (tertiary/aromatic N) is 5. The molecule has 0 aliphatic carbocycles. The van der Waals surface area contributed by atoms with Gasteiger partial charge in [0.05, 0.1) is 11.3 Å². The Morgan fingerprint density at radius 3 is 2.93 bits per heavy atom. The van der Waals surface area contributed by atoms with E-state index in [4.69, 9.17) is 4.98 Å². The first kappa shape index (κ1) is 16.5. The summed E-state index contributed by atoms with van der Waals surface area (Å²) in [6, 6.07) is 6.35. The van der Waals surface area contributed by atoms with Crippen LogP contribution in [0.3, 0.4) is 0 Å². The van der Waals surface area contributed by atoms with E-state index >= 15 is 0 Å². The summed E-state index contributed by atoms with van der Waals surface area (Å²) >= 11 is 3.57. The van der Waals surface area contributed by atoms with E-state index in [0.29, 0.717) is 5.82 Å². The fraction of sp³-hybridized carbons (Fsp3) is 0.200. The van der Waals surface area contributed by atoms with Crippen molar-refractivity contribution in [2.75, 3.05) is 6.54 Å². The smallest absolute Gasteiger partial charge is 0.162 e. The van der Waals surface area contributed by atoms with Gasteiger partial charge in [0.15, 0.2) is 5.82 Å². The summed E-state index contributed by atoms with van der Waals surface area (Å²) in [4.78, 5) is 23.2. The quantitative estimate of drug-likeness (QED) is 0.546. The van der Waals surface area contributed by atoms with Gasteiger partial charge in [-0.05, 0) is 23.8 Å². The Balaban J connectivity index is 1.37. The first-order chi connectivity index (χ1) is 13.3. The lowest BCUT2D eigenvalue weighted by Crippen LogP contribution is -2.30. The fourth-order valence-corrected chi connectivity index (χ4v) is 3.95. The molecule has 27 heavy (non-hydrogen) atoms. The average Bonchev–Trinajstić information content (AvgIpc) is 3.10. The highest BCUT2D eigenvalue weighted by Crippen LogP contribution is 2.26. The molecule has 5 rings (SSSR count). The maximum atomic E-state index is 4.75. The molecule has 1 aliphatic heterocycles. The number of aromatic amines is 1. The largest absolute Gasteiger partial charge is 0.361 e. The van der Waals surface area contributed by atoms with Crippen LogP contribution in [0, 0.1) is 0 Å². The van der Waals surface area contributed by atoms with E-state index in [1.54, 1.807) is 12.4 Å². The second-order valence-electron chi connectivity index (χ2n) is 6.76. The molecule has 0 amide bonds. The lowest BCUT2D eigenvalue weighted by molar-refractivity contribution is 0.244. The highest BCUT2D eigenvalue weighted by atomic mass is 79.9. The zero-order valence-corrected chi connectivity index (χ0v) is 16.1. The van der Waals surface area contributed by atoms with Gasteiger partial charge >= 0.3 is 0 Å². The normalized spacial score (nSPS) is 14.4. The summed E-state index contributed by atoms with van der Waals surface area (Å²) < 4.78 is 1.10. The van der Waals surface area contributed by atoms with Crippen LogP contribution < -0.4 is 0 Å². The first-order valence-electron chi connectivity index (χ1n) is 8.84. The topological polar surface area (TPSA) is 70.6 Å². The van der Waals surface area contributed by atoms with E-state index in [1.807, 2.05) is 6.20 Å². The van der Waals surface area contributed by atoms with Gasteiger partial charge in [-0.15, -0.1) is 0 Å². The zero-order valence-electron chi connectivity index (χ0n) is 14.6. The van der Waals surface area contributed by atoms with Crippen LogP contribution in [0.25, 0.3) is 22.3 Å². The predicted molar refractivity (Wildman–Crippen MR) is 107 cm³/mol. The molecule has 1 aliphatic rings. The second kappa shape index (κ2) is 6.83. The summed E-state index contributed by atoms with van der Waals surface area (Å²) in [6.45, 7) is 2.75. The number of aromatic nitrogens is 5. The Morgan fingerprint density at radius 2 is 2.04 bits per heavy atom. The first-order valence-corrected chi connectivity index (χ1v) is 9.63. The molecule has 3 aromatic heterocycles. The molecule has 7 heteroatoms. The van der Waals surface area contributed by atoms with Crippen molar-refractivity contribution in [1.29, 1.82) is 0 Å². The van der Waals surface area contributed by atoms with Crippen LogP contribution in [0.15, 0.2) is 53.8 Å². The molecule has 4 heterocycles. The van der Waals surface area contributed by atoms with Crippen molar-refractivity contribution >= 4 is 26.8 Å². The molecule has 0 saturated heterocycles. The predicted octanol–water partition coefficient (Wildman–Crippen LogP) is 3.74. The number of hydrogen-bond donors (Lipinski definition) is 1. The van der Waals surface area contributed by atoms with Gasteiger partial charge in [0, 0.05) is 71.8 Å². The van der Waals surface area contributed by atoms with Crippen LogP contribution in [0.2, 0.25) is 0 Å². The summed E-state index contributed by atoms with van der Waals surface area (Å²) in [7, 11) is 0. The minimum absolute atomic E-state index is 0.698. The standard InChI is InChI=1S/C20H17BrN6/c21-16-1-2-19-17(5-16)14(8-24-19)10-27-4-3-18-15(11-27)9-25-20(26-18)13-6-22-12-23-7-13/h1-2,5-9,12,24H,3-4,10-11H2. The summed E-state index contributed by atoms with van der Waals surface area (Å²) in [5, 5.41) is 1.27. The van der Waals surface area contributed by atoms with Gasteiger partial charge in [-0.2, -0.15) is 0 Å². The van der Waals surface area contributed by atoms with Gasteiger partial charge in [0.25, 0.3) is 0 Å². The number of benzene rings is 1. The summed E-state index contributed by atoms with van der Waals surface area (Å²) in [6.07, 6.45) is 10.00. The number of halogens is 1. The Kier molecular flexibility index (Phi) is 4.18. The molecule has 0 saturated carbocycles. The third kappa shape index (κ3) is 3.24. The van der Waals surface area contributed by atoms with Gasteiger partial charge in [0.2, 0.25) is 0 Å². The molecule has 1 aromatic carbocycles. The summed E-state index contributed by atoms with van der Waals surface area (Å²) in [5.74, 6) is 0.698. The fourth-order valence-electron chi connectivity index (χ4n) is 3.59. The molecule has 6 nitrogen and oxygen atoms in total. The van der Waals surface area contributed by atoms with Gasteiger partial charge in [-0.1, -0.05) is 15.9 Å². The van der Waals surface area contributed by atoms with Crippen molar-refractivity contribution in [2.24, 2.45) is 0 Å². The third-order valence-corrected chi connectivity index (χ3v) is 5.45. The van der Waals surface area contributed by atoms with Crippen molar-refractivity contribution in [3.63, 3.8) is 0 Å². The average molecular weight is 421 g/mol. The maximum absolute atomic E-state index is 4.75. The van der Waals surface area contributed by atoms with Crippen LogP contribution in [0.5, 0.6) is 0 Å². The van der Waals surface area contributed by atoms with E-state index in [2.05, 4.69) is 65.2 Å². The molecule has 0 bridgehead atoms. The van der Waals surface area contributed by atoms with Crippen LogP contribution in [0.4, 0.5) is 0 Å². The van der Waals surface area contributed by atoms with Gasteiger partial charge in [0.1, 0.15) is 6.33 Å². The molecular weight excluding hydrogens is 404 g/mol. The number of fused-ring (bicyclic) bond motifs is 2. The van der Waals surface area contributed by atoms with E-state index in [9.17, 15) is 0 Å². The molecular formula is C20H17BrN6. The van der Waals surface area contributed by atoms with Crippen molar-refractivity contribution in [3.8, 4) is 11.4 Å². The number of nitrogens with one attached hydrogen (secondary N) is 1. The molecule has 0 spiro atoms. The van der Waals surface area contributed by atoms with Crippen LogP contribution in [-0.4, -0.2) is 36.4 Å². The lowest BCUT2D eigenvalue weighted by Gasteiger charge is -2.27. The van der Waals surface area contributed by atoms with E-state index in [0.717, 1.165) is 41.8 Å². The Labute approximate surface area is 164 Å². The van der Waals surface area contributed by atoms with Gasteiger partial charge < -0.3 is 4.98 Å². The minimum Gasteiger partial charge on any atom is -0.361 e. The Bertz CT molecular complexity index is 1110. The number of rotatable bonds is 3. The van der Waals surface area contributed by atoms with Crippen molar-refractivity contribution in [1.82, 2.24) is 29.8 Å². The Morgan fingerprint density at radius 1 is 1.15 bits per heavy atom. The molecule has 1 N–H and O–H groups in total. The van der Waals surface area contributed by atoms with Crippen molar-refractivity contribution in [2.45, 2.75) is 19.5 Å². The monoisotopic (exact) mass is 420 g/mol. The SMILES string of the molecule is Brc1ccc2[nH]cc(CN3CCc4nc(-c5cncnc5)ncc4C3)c2c1. The number of hydrogen-bond acceptors (Lipinski definition) is 5. The molecule has 0 radical (unpaired) electrons. The van der Waals surface area contributed by atoms with E-state index < -0.39 is 0 Å². The Hall–Kier alpha value is -2.64. The van der Waals surface area contributed by atoms with Gasteiger partial charge in [-0.25, -0.2) is 19.9 Å². The van der Waals surface area contributed by atoms with Crippen LogP contribution in [-0.2, 0) is 19.5 Å². The highest BCUT2D eigenvalue weighted by Gasteiger charge is 2.20. The molecule has 0 fully saturated rings. The second-order valence-corrected chi connectivity index (χ2v) is 7.67. The van der Waals surface area contributed by atoms with Crippen molar-refractivity contribution < 1.29 is 0 Å². The summed E-state index contributed by atoms with van der Waals surface area (Å²) in [5.41, 5.74) is 5.66. The maximum Gasteiger partial charge on any atom is 0.162 e. The highest BCUT2D eigenvalue weighted by molar-refractivity contribution is 9.10. The number of H-pyrrole nitrogens is 1. The minimum atomic E-state index is 0.698.